The highest BCUT2D eigenvalue weighted by atomic mass is 19.1. The summed E-state index contributed by atoms with van der Waals surface area (Å²) in [5.74, 6) is -0.156. The molecule has 7 heteroatoms. The van der Waals surface area contributed by atoms with Crippen molar-refractivity contribution in [1.82, 2.24) is 20.2 Å². The fraction of sp³-hybridized carbons (Fsp3) is 0.421. The molecular formula is C19H23FN4O2. The molecular weight excluding hydrogens is 335 g/mol. The second-order valence-corrected chi connectivity index (χ2v) is 7.25. The smallest absolute Gasteiger partial charge is 0.257 e. The first kappa shape index (κ1) is 18.4. The summed E-state index contributed by atoms with van der Waals surface area (Å²) in [7, 11) is 0. The van der Waals surface area contributed by atoms with Crippen LogP contribution in [0.2, 0.25) is 0 Å². The number of aliphatic hydroxyl groups is 1. The Balaban J connectivity index is 1.87. The third-order valence-corrected chi connectivity index (χ3v) is 4.53. The Morgan fingerprint density at radius 2 is 2.04 bits per heavy atom. The minimum atomic E-state index is -0.413. The molecule has 2 aromatic rings. The van der Waals surface area contributed by atoms with E-state index < -0.39 is 5.82 Å². The number of rotatable bonds is 3. The van der Waals surface area contributed by atoms with Crippen molar-refractivity contribution in [2.45, 2.75) is 32.9 Å². The summed E-state index contributed by atoms with van der Waals surface area (Å²) in [6.07, 6.45) is 2.98. The Kier molecular flexibility index (Phi) is 5.02. The molecule has 6 nitrogen and oxygen atoms in total. The Hall–Kier alpha value is -2.38. The first-order valence-electron chi connectivity index (χ1n) is 8.57. The molecule has 1 saturated heterocycles. The van der Waals surface area contributed by atoms with E-state index in [4.69, 9.17) is 0 Å². The number of amides is 1. The summed E-state index contributed by atoms with van der Waals surface area (Å²) in [5.41, 5.74) is 1.94. The van der Waals surface area contributed by atoms with E-state index in [2.05, 4.69) is 29.1 Å². The monoisotopic (exact) mass is 358 g/mol. The van der Waals surface area contributed by atoms with Crippen LogP contribution in [0.1, 0.15) is 35.3 Å². The van der Waals surface area contributed by atoms with Crippen molar-refractivity contribution in [2.75, 3.05) is 19.6 Å². The average molecular weight is 358 g/mol. The number of piperazine rings is 1. The summed E-state index contributed by atoms with van der Waals surface area (Å²) >= 11 is 0. The van der Waals surface area contributed by atoms with Crippen LogP contribution in [0.15, 0.2) is 24.5 Å². The number of halogens is 1. The molecule has 2 N–H and O–H groups in total. The zero-order valence-corrected chi connectivity index (χ0v) is 15.2. The van der Waals surface area contributed by atoms with E-state index in [1.807, 2.05) is 0 Å². The number of benzene rings is 1. The largest absolute Gasteiger partial charge is 0.392 e. The van der Waals surface area contributed by atoms with Crippen LogP contribution >= 0.6 is 0 Å². The summed E-state index contributed by atoms with van der Waals surface area (Å²) in [5, 5.41) is 12.9. The molecule has 1 fully saturated rings. The Labute approximate surface area is 152 Å². The van der Waals surface area contributed by atoms with Gasteiger partial charge in [-0.25, -0.2) is 14.4 Å². The lowest BCUT2D eigenvalue weighted by Crippen LogP contribution is -2.58. The minimum Gasteiger partial charge on any atom is -0.392 e. The maximum atomic E-state index is 13.5. The molecule has 0 radical (unpaired) electrons. The van der Waals surface area contributed by atoms with E-state index in [9.17, 15) is 14.3 Å². The van der Waals surface area contributed by atoms with Crippen molar-refractivity contribution >= 4 is 5.91 Å². The maximum Gasteiger partial charge on any atom is 0.257 e. The van der Waals surface area contributed by atoms with Crippen LogP contribution in [0.3, 0.4) is 0 Å². The molecule has 1 amide bonds. The highest BCUT2D eigenvalue weighted by molar-refractivity contribution is 5.94. The van der Waals surface area contributed by atoms with Crippen LogP contribution in [-0.2, 0) is 6.61 Å². The van der Waals surface area contributed by atoms with Crippen LogP contribution < -0.4 is 5.32 Å². The summed E-state index contributed by atoms with van der Waals surface area (Å²) < 4.78 is 13.5. The SMILES string of the molecule is Cc1cc(F)cc(CO)c1-c1ncc(C(=O)N2CCNC(C)(C)C2)cn1. The molecule has 1 aromatic heterocycles. The van der Waals surface area contributed by atoms with Gasteiger partial charge >= 0.3 is 0 Å². The molecule has 138 valence electrons. The first-order chi connectivity index (χ1) is 12.3. The highest BCUT2D eigenvalue weighted by Crippen LogP contribution is 2.26. The molecule has 0 bridgehead atoms. The van der Waals surface area contributed by atoms with Crippen LogP contribution in [0.25, 0.3) is 11.4 Å². The van der Waals surface area contributed by atoms with Crippen LogP contribution in [-0.4, -0.2) is 51.1 Å². The number of carbonyl (C=O) groups is 1. The van der Waals surface area contributed by atoms with Crippen LogP contribution in [0.4, 0.5) is 4.39 Å². The van der Waals surface area contributed by atoms with E-state index in [0.717, 1.165) is 6.54 Å². The molecule has 0 atom stereocenters. The van der Waals surface area contributed by atoms with Gasteiger partial charge in [0.05, 0.1) is 12.2 Å². The van der Waals surface area contributed by atoms with Gasteiger partial charge in [0, 0.05) is 43.1 Å². The molecule has 1 aliphatic heterocycles. The second-order valence-electron chi connectivity index (χ2n) is 7.25. The Morgan fingerprint density at radius 3 is 2.65 bits per heavy atom. The fourth-order valence-corrected chi connectivity index (χ4v) is 3.32. The molecule has 0 saturated carbocycles. The molecule has 1 aromatic carbocycles. The zero-order valence-electron chi connectivity index (χ0n) is 15.2. The van der Waals surface area contributed by atoms with Gasteiger partial charge in [-0.2, -0.15) is 0 Å². The minimum absolute atomic E-state index is 0.107. The summed E-state index contributed by atoms with van der Waals surface area (Å²) in [4.78, 5) is 23.1. The molecule has 26 heavy (non-hydrogen) atoms. The van der Waals surface area contributed by atoms with E-state index in [1.54, 1.807) is 11.8 Å². The molecule has 0 aliphatic carbocycles. The van der Waals surface area contributed by atoms with Crippen molar-refractivity contribution in [3.63, 3.8) is 0 Å². The standard InChI is InChI=1S/C19H23FN4O2/c1-12-6-15(20)7-13(10-25)16(12)17-21-8-14(9-22-17)18(26)24-5-4-23-19(2,3)11-24/h6-9,23,25H,4-5,10-11H2,1-3H3. The lowest BCUT2D eigenvalue weighted by molar-refractivity contribution is 0.0651. The van der Waals surface area contributed by atoms with E-state index in [1.165, 1.54) is 24.5 Å². The van der Waals surface area contributed by atoms with Crippen molar-refractivity contribution in [3.8, 4) is 11.4 Å². The maximum absolute atomic E-state index is 13.5. The number of aliphatic hydroxyl groups excluding tert-OH is 1. The molecule has 1 aliphatic rings. The van der Waals surface area contributed by atoms with Gasteiger partial charge in [-0.1, -0.05) is 0 Å². The number of hydrogen-bond donors (Lipinski definition) is 2. The fourth-order valence-electron chi connectivity index (χ4n) is 3.32. The van der Waals surface area contributed by atoms with Gasteiger partial charge in [-0.05, 0) is 44.0 Å². The summed E-state index contributed by atoms with van der Waals surface area (Å²) in [6.45, 7) is 7.53. The van der Waals surface area contributed by atoms with Crippen molar-refractivity contribution in [3.05, 3.63) is 47.0 Å². The third kappa shape index (κ3) is 3.73. The number of hydrogen-bond acceptors (Lipinski definition) is 5. The number of nitrogens with zero attached hydrogens (tertiary/aromatic N) is 3. The van der Waals surface area contributed by atoms with Gasteiger partial charge in [0.2, 0.25) is 0 Å². The highest BCUT2D eigenvalue weighted by Gasteiger charge is 2.29. The number of aromatic nitrogens is 2. The van der Waals surface area contributed by atoms with Gasteiger partial charge in [0.15, 0.2) is 5.82 Å². The molecule has 0 spiro atoms. The topological polar surface area (TPSA) is 78.4 Å². The summed E-state index contributed by atoms with van der Waals surface area (Å²) in [6, 6.07) is 2.65. The van der Waals surface area contributed by atoms with E-state index in [-0.39, 0.29) is 18.1 Å². The predicted octanol–water partition coefficient (Wildman–Crippen LogP) is 1.91. The number of aryl methyl sites for hydroxylation is 1. The van der Waals surface area contributed by atoms with Gasteiger partial charge in [-0.15, -0.1) is 0 Å². The van der Waals surface area contributed by atoms with E-state index in [0.29, 0.717) is 41.2 Å². The lowest BCUT2D eigenvalue weighted by atomic mass is 10.0. The molecule has 2 heterocycles. The van der Waals surface area contributed by atoms with E-state index >= 15 is 0 Å². The van der Waals surface area contributed by atoms with Crippen molar-refractivity contribution in [2.24, 2.45) is 0 Å². The third-order valence-electron chi connectivity index (χ3n) is 4.53. The van der Waals surface area contributed by atoms with Crippen molar-refractivity contribution < 1.29 is 14.3 Å². The van der Waals surface area contributed by atoms with Crippen LogP contribution in [0.5, 0.6) is 0 Å². The van der Waals surface area contributed by atoms with Gasteiger partial charge in [-0.3, -0.25) is 4.79 Å². The lowest BCUT2D eigenvalue weighted by Gasteiger charge is -2.39. The molecule has 0 unspecified atom stereocenters. The van der Waals surface area contributed by atoms with Gasteiger partial charge in [0.25, 0.3) is 5.91 Å². The predicted molar refractivity (Wildman–Crippen MR) is 96.1 cm³/mol. The normalized spacial score (nSPS) is 16.6. The number of nitrogens with one attached hydrogen (secondary N) is 1. The average Bonchev–Trinajstić information content (AvgIpc) is 2.60. The molecule has 3 rings (SSSR count). The van der Waals surface area contributed by atoms with Gasteiger partial charge < -0.3 is 15.3 Å². The Morgan fingerprint density at radius 1 is 1.35 bits per heavy atom. The second kappa shape index (κ2) is 7.09. The Bertz CT molecular complexity index is 821. The van der Waals surface area contributed by atoms with Gasteiger partial charge in [0.1, 0.15) is 5.82 Å². The quantitative estimate of drug-likeness (QED) is 0.876. The van der Waals surface area contributed by atoms with Crippen LogP contribution in [0, 0.1) is 12.7 Å². The number of carbonyl (C=O) groups excluding carboxylic acids is 1. The first-order valence-corrected chi connectivity index (χ1v) is 8.57. The van der Waals surface area contributed by atoms with Crippen molar-refractivity contribution in [1.29, 1.82) is 0 Å². The zero-order chi connectivity index (χ0) is 18.9.